The molecule has 1 heterocycles. The van der Waals surface area contributed by atoms with E-state index in [0.717, 1.165) is 46.8 Å². The molecular weight excluding hydrogens is 1220 g/mol. The average Bonchev–Trinajstić information content (AvgIpc) is 0.885. The molecule has 0 aromatic carbocycles. The van der Waals surface area contributed by atoms with Gasteiger partial charge in [-0.15, -0.1) is 11.6 Å². The van der Waals surface area contributed by atoms with Crippen LogP contribution in [0.1, 0.15) is 177 Å². The molecule has 1 aliphatic heterocycles. The lowest BCUT2D eigenvalue weighted by atomic mass is 9.81. The van der Waals surface area contributed by atoms with Crippen molar-refractivity contribution >= 4 is 76.6 Å². The highest BCUT2D eigenvalue weighted by Crippen LogP contribution is 2.36. The van der Waals surface area contributed by atoms with Crippen molar-refractivity contribution in [3.05, 3.63) is 0 Å². The van der Waals surface area contributed by atoms with Crippen LogP contribution in [0.25, 0.3) is 0 Å². The number of nitrogens with one attached hydrogen (secondary N) is 4. The van der Waals surface area contributed by atoms with Gasteiger partial charge >= 0.3 is 0 Å². The van der Waals surface area contributed by atoms with Gasteiger partial charge in [0.25, 0.3) is 0 Å². The molecule has 4 N–H and O–H groups in total. The van der Waals surface area contributed by atoms with Crippen molar-refractivity contribution in [2.75, 3.05) is 69.0 Å². The smallest absolute Gasteiger partial charge is 0.245 e. The summed E-state index contributed by atoms with van der Waals surface area (Å²) in [7, 11) is 9.88. The van der Waals surface area contributed by atoms with Crippen LogP contribution in [-0.4, -0.2) is 240 Å². The zero-order chi connectivity index (χ0) is 69.2. The summed E-state index contributed by atoms with van der Waals surface area (Å²) in [5, 5.41) is 11.1. The Labute approximate surface area is 550 Å². The minimum absolute atomic E-state index is 0.0168. The highest BCUT2D eigenvalue weighted by atomic mass is 35.5. The van der Waals surface area contributed by atoms with Crippen LogP contribution in [0.3, 0.4) is 0 Å². The maximum Gasteiger partial charge on any atom is 0.245 e. The van der Waals surface area contributed by atoms with Crippen molar-refractivity contribution in [2.45, 2.75) is 250 Å². The largest absolute Gasteiger partial charge is 0.351 e. The van der Waals surface area contributed by atoms with Gasteiger partial charge < -0.3 is 55.6 Å². The van der Waals surface area contributed by atoms with Crippen LogP contribution in [0.5, 0.6) is 0 Å². The second-order valence-electron chi connectivity index (χ2n) is 28.1. The number of alkyl halides is 4. The van der Waals surface area contributed by atoms with Gasteiger partial charge in [0.15, 0.2) is 0 Å². The summed E-state index contributed by atoms with van der Waals surface area (Å²) in [6.45, 7) is 12.4. The summed E-state index contributed by atoms with van der Waals surface area (Å²) in [4.78, 5) is 168. The van der Waals surface area contributed by atoms with Crippen LogP contribution in [-0.2, 0) is 52.7 Å². The molecule has 0 bridgehead atoms. The first kappa shape index (κ1) is 78.7. The molecule has 4 rings (SSSR count). The number of hydrogen-bond acceptors (Lipinski definition) is 11. The third kappa shape index (κ3) is 23.0. The maximum absolute atomic E-state index is 15.5. The highest BCUT2D eigenvalue weighted by Gasteiger charge is 2.43. The quantitative estimate of drug-likeness (QED) is 0.166. The first-order valence-corrected chi connectivity index (χ1v) is 34.1. The average molecular weight is 1330 g/mol. The molecule has 3 aliphatic carbocycles. The Balaban J connectivity index is 1.83. The molecule has 0 spiro atoms. The second kappa shape index (κ2) is 36.8. The SMILES string of the molecule is CC[C@H](C)[C@@H]1NC(=O)[C@H](C)N(C)C(=O)C[C@@H](C)NC(=O)[C@H](CC(C)C)N(C)C(=O)[C@H](CC2CCCCC2)N(C)C(=O)[C@H](CC(C)C)NC(=O)[C@H](CCC2C(F)CC(F)CC2F)NC(=O)CN(C)C(=O)[C@H](CC2CCC(Cl)CC2)N(C)C(=O)CN(C)C(=O)CN(C)C1=O. The van der Waals surface area contributed by atoms with E-state index in [0.29, 0.717) is 32.1 Å². The third-order valence-electron chi connectivity index (χ3n) is 19.6. The molecule has 0 aromatic rings. The van der Waals surface area contributed by atoms with Crippen LogP contribution in [0.15, 0.2) is 0 Å². The van der Waals surface area contributed by atoms with Crippen molar-refractivity contribution in [1.82, 2.24) is 55.6 Å². The number of carbonyl (C=O) groups is 11. The van der Waals surface area contributed by atoms with Gasteiger partial charge in [-0.1, -0.05) is 80.1 Å². The van der Waals surface area contributed by atoms with Gasteiger partial charge in [0.2, 0.25) is 65.0 Å². The number of nitrogens with zero attached hydrogens (tertiary/aromatic N) is 7. The maximum atomic E-state index is 15.5. The predicted molar refractivity (Wildman–Crippen MR) is 345 cm³/mol. The lowest BCUT2D eigenvalue weighted by Crippen LogP contribution is -2.60. The van der Waals surface area contributed by atoms with Gasteiger partial charge in [0.05, 0.1) is 19.6 Å². The van der Waals surface area contributed by atoms with E-state index in [1.165, 1.54) is 75.9 Å². The van der Waals surface area contributed by atoms with Crippen molar-refractivity contribution in [2.24, 2.45) is 35.5 Å². The topological polar surface area (TPSA) is 259 Å². The molecule has 524 valence electrons. The van der Waals surface area contributed by atoms with E-state index >= 15 is 18.4 Å². The number of likely N-dealkylation sites (N-methyl/N-ethyl adjacent to an activating group) is 7. The highest BCUT2D eigenvalue weighted by molar-refractivity contribution is 6.20. The van der Waals surface area contributed by atoms with Crippen molar-refractivity contribution in [3.63, 3.8) is 0 Å². The number of amides is 11. The first-order chi connectivity index (χ1) is 43.1. The third-order valence-corrected chi connectivity index (χ3v) is 20.1. The van der Waals surface area contributed by atoms with E-state index in [9.17, 15) is 47.5 Å². The minimum atomic E-state index is -1.90. The van der Waals surface area contributed by atoms with Crippen molar-refractivity contribution in [1.29, 1.82) is 0 Å². The van der Waals surface area contributed by atoms with E-state index in [1.54, 1.807) is 13.8 Å². The standard InChI is InChI=1S/C66H111ClF3N11O11/c1-16-40(6)59-66(92)77(11)36-57(84)75(9)37-58(85)79(13)53(32-44-22-24-45(67)25-23-44)64(90)76(10)35-55(82)72-50(27-26-47-48(69)33-46(68)34-49(47)70)61(87)73-51(28-38(2)3)63(89)81(15)54(31-43-20-18-17-19-21-43)65(91)80(14)52(29-39(4)5)62(88)71-41(7)30-56(83)78(12)42(8)60(86)74-59/h38-54,59H,16-37H2,1-15H3,(H,71,88)(H,72,82)(H,73,87)(H,74,86)/t40-,41+,42-,44?,45?,46?,47?,48?,49?,50-,51-,52-,53-,54-,59-/m0/s1. The van der Waals surface area contributed by atoms with Crippen LogP contribution in [0, 0.1) is 35.5 Å². The van der Waals surface area contributed by atoms with Gasteiger partial charge in [-0.2, -0.15) is 0 Å². The molecule has 4 aliphatic rings. The van der Waals surface area contributed by atoms with Gasteiger partial charge in [-0.3, -0.25) is 52.7 Å². The van der Waals surface area contributed by atoms with Gasteiger partial charge in [0, 0.05) is 85.9 Å². The molecule has 0 aromatic heterocycles. The normalized spacial score (nSPS) is 31.6. The first-order valence-electron chi connectivity index (χ1n) is 33.6. The number of carbonyl (C=O) groups excluding carboxylic acids is 11. The van der Waals surface area contributed by atoms with E-state index in [-0.39, 0.29) is 74.0 Å². The predicted octanol–water partition coefficient (Wildman–Crippen LogP) is 5.55. The molecular formula is C66H111ClF3N11O11. The van der Waals surface area contributed by atoms with Crippen LogP contribution in [0.4, 0.5) is 13.2 Å². The molecule has 22 nitrogen and oxygen atoms in total. The van der Waals surface area contributed by atoms with Crippen molar-refractivity contribution in [3.8, 4) is 0 Å². The molecule has 2 unspecified atom stereocenters. The molecule has 11 atom stereocenters. The molecule has 4 fully saturated rings. The van der Waals surface area contributed by atoms with E-state index < -0.39 is 176 Å². The minimum Gasteiger partial charge on any atom is -0.351 e. The Kier molecular flexibility index (Phi) is 31.5. The fourth-order valence-electron chi connectivity index (χ4n) is 13.2. The Hall–Kier alpha value is -5.75. The van der Waals surface area contributed by atoms with Gasteiger partial charge in [0.1, 0.15) is 60.8 Å². The fraction of sp³-hybridized carbons (Fsp3) is 0.833. The fourth-order valence-corrected chi connectivity index (χ4v) is 13.5. The van der Waals surface area contributed by atoms with Gasteiger partial charge in [-0.05, 0) is 108 Å². The molecule has 0 radical (unpaired) electrons. The summed E-state index contributed by atoms with van der Waals surface area (Å²) in [5.74, 6) is -9.49. The van der Waals surface area contributed by atoms with E-state index in [2.05, 4.69) is 21.3 Å². The summed E-state index contributed by atoms with van der Waals surface area (Å²) in [6.07, 6.45) is 0.471. The van der Waals surface area contributed by atoms with E-state index in [1.807, 2.05) is 34.6 Å². The molecule has 92 heavy (non-hydrogen) atoms. The summed E-state index contributed by atoms with van der Waals surface area (Å²) < 4.78 is 45.4. The van der Waals surface area contributed by atoms with Crippen LogP contribution < -0.4 is 21.3 Å². The lowest BCUT2D eigenvalue weighted by Gasteiger charge is -2.38. The second-order valence-corrected chi connectivity index (χ2v) is 28.7. The lowest BCUT2D eigenvalue weighted by molar-refractivity contribution is -0.150. The van der Waals surface area contributed by atoms with E-state index in [4.69, 9.17) is 11.6 Å². The molecule has 3 saturated carbocycles. The van der Waals surface area contributed by atoms with Gasteiger partial charge in [-0.25, -0.2) is 13.2 Å². The molecule has 11 amide bonds. The zero-order valence-corrected chi connectivity index (χ0v) is 58.3. The zero-order valence-electron chi connectivity index (χ0n) is 57.6. The Morgan fingerprint density at radius 2 is 1.03 bits per heavy atom. The summed E-state index contributed by atoms with van der Waals surface area (Å²) in [5.41, 5.74) is 0. The Morgan fingerprint density at radius 1 is 0.500 bits per heavy atom. The number of hydrogen-bond donors (Lipinski definition) is 4. The monoisotopic (exact) mass is 1330 g/mol. The summed E-state index contributed by atoms with van der Waals surface area (Å²) in [6, 6.07) is -9.34. The number of rotatable bonds is 13. The Bertz CT molecular complexity index is 2510. The van der Waals surface area contributed by atoms with Crippen LogP contribution >= 0.6 is 11.6 Å². The Morgan fingerprint density at radius 3 is 1.60 bits per heavy atom. The van der Waals surface area contributed by atoms with Crippen molar-refractivity contribution < 1.29 is 65.9 Å². The van der Waals surface area contributed by atoms with Crippen LogP contribution in [0.2, 0.25) is 0 Å². The summed E-state index contributed by atoms with van der Waals surface area (Å²) >= 11 is 6.48. The molecule has 1 saturated heterocycles. The molecule has 26 heteroatoms. The number of halogens is 4.